The largest absolute Gasteiger partial charge is 0.339 e. The lowest BCUT2D eigenvalue weighted by atomic mass is 10.3. The Kier molecular flexibility index (Phi) is 3.32. The van der Waals surface area contributed by atoms with Crippen LogP contribution in [-0.2, 0) is 4.79 Å². The topological polar surface area (TPSA) is 20.3 Å². The first-order valence-corrected chi connectivity index (χ1v) is 4.69. The molecule has 2 heteroatoms. The van der Waals surface area contributed by atoms with E-state index < -0.39 is 0 Å². The maximum atomic E-state index is 11.4. The minimum atomic E-state index is 0.159. The van der Waals surface area contributed by atoms with Crippen LogP contribution in [0, 0.1) is 5.92 Å². The molecule has 1 aliphatic carbocycles. The molecular weight excluding hydrogens is 150 g/mol. The highest BCUT2D eigenvalue weighted by Gasteiger charge is 2.24. The standard InChI is InChI=1S/C10H17NO/c1-3-5-10(12)11(4-2)8-9-6-7-9/h3,5,9H,4,6-8H2,1-2H3. The third-order valence-electron chi connectivity index (χ3n) is 2.18. The van der Waals surface area contributed by atoms with Crippen molar-refractivity contribution in [3.05, 3.63) is 12.2 Å². The fourth-order valence-corrected chi connectivity index (χ4v) is 1.23. The molecule has 0 bridgehead atoms. The van der Waals surface area contributed by atoms with Crippen molar-refractivity contribution in [2.45, 2.75) is 26.7 Å². The maximum Gasteiger partial charge on any atom is 0.246 e. The van der Waals surface area contributed by atoms with Crippen LogP contribution in [0.4, 0.5) is 0 Å². The van der Waals surface area contributed by atoms with Gasteiger partial charge in [-0.2, -0.15) is 0 Å². The number of carbonyl (C=O) groups excluding carboxylic acids is 1. The first-order valence-electron chi connectivity index (χ1n) is 4.69. The number of amides is 1. The van der Waals surface area contributed by atoms with Crippen molar-refractivity contribution in [3.8, 4) is 0 Å². The molecule has 12 heavy (non-hydrogen) atoms. The van der Waals surface area contributed by atoms with E-state index >= 15 is 0 Å². The molecule has 1 aliphatic rings. The summed E-state index contributed by atoms with van der Waals surface area (Å²) in [5, 5.41) is 0. The van der Waals surface area contributed by atoms with E-state index in [1.54, 1.807) is 12.2 Å². The third kappa shape index (κ3) is 2.68. The van der Waals surface area contributed by atoms with Crippen LogP contribution in [0.5, 0.6) is 0 Å². The molecule has 0 aliphatic heterocycles. The predicted octanol–water partition coefficient (Wildman–Crippen LogP) is 1.82. The van der Waals surface area contributed by atoms with Crippen LogP contribution in [0.2, 0.25) is 0 Å². The third-order valence-corrected chi connectivity index (χ3v) is 2.18. The fraction of sp³-hybridized carbons (Fsp3) is 0.700. The van der Waals surface area contributed by atoms with Crippen LogP contribution in [0.3, 0.4) is 0 Å². The summed E-state index contributed by atoms with van der Waals surface area (Å²) < 4.78 is 0. The highest BCUT2D eigenvalue weighted by molar-refractivity contribution is 5.87. The van der Waals surface area contributed by atoms with Gasteiger partial charge in [0, 0.05) is 13.1 Å². The summed E-state index contributed by atoms with van der Waals surface area (Å²) in [6.07, 6.45) is 6.06. The molecule has 0 heterocycles. The van der Waals surface area contributed by atoms with Crippen molar-refractivity contribution in [3.63, 3.8) is 0 Å². The smallest absolute Gasteiger partial charge is 0.246 e. The Morgan fingerprint density at radius 1 is 1.58 bits per heavy atom. The molecular formula is C10H17NO. The molecule has 0 saturated heterocycles. The molecule has 0 aromatic rings. The van der Waals surface area contributed by atoms with Gasteiger partial charge in [-0.3, -0.25) is 4.79 Å². The number of hydrogen-bond acceptors (Lipinski definition) is 1. The number of rotatable bonds is 4. The molecule has 0 unspecified atom stereocenters. The van der Waals surface area contributed by atoms with Gasteiger partial charge >= 0.3 is 0 Å². The molecule has 2 nitrogen and oxygen atoms in total. The molecule has 1 amide bonds. The van der Waals surface area contributed by atoms with Crippen LogP contribution in [-0.4, -0.2) is 23.9 Å². The molecule has 0 aromatic carbocycles. The van der Waals surface area contributed by atoms with Crippen molar-refractivity contribution >= 4 is 5.91 Å². The summed E-state index contributed by atoms with van der Waals surface area (Å²) >= 11 is 0. The number of allylic oxidation sites excluding steroid dienone is 1. The summed E-state index contributed by atoms with van der Waals surface area (Å²) in [5.41, 5.74) is 0. The highest BCUT2D eigenvalue weighted by Crippen LogP contribution is 2.29. The van der Waals surface area contributed by atoms with Gasteiger partial charge < -0.3 is 4.90 Å². The van der Waals surface area contributed by atoms with E-state index in [1.165, 1.54) is 12.8 Å². The number of nitrogens with zero attached hydrogens (tertiary/aromatic N) is 1. The lowest BCUT2D eigenvalue weighted by molar-refractivity contribution is -0.126. The number of hydrogen-bond donors (Lipinski definition) is 0. The Morgan fingerprint density at radius 2 is 2.25 bits per heavy atom. The van der Waals surface area contributed by atoms with Gasteiger partial charge in [-0.15, -0.1) is 0 Å². The van der Waals surface area contributed by atoms with Crippen LogP contribution in [0.15, 0.2) is 12.2 Å². The molecule has 68 valence electrons. The summed E-state index contributed by atoms with van der Waals surface area (Å²) in [4.78, 5) is 13.3. The first kappa shape index (κ1) is 9.30. The van der Waals surface area contributed by atoms with Crippen LogP contribution < -0.4 is 0 Å². The Hall–Kier alpha value is -0.790. The fourth-order valence-electron chi connectivity index (χ4n) is 1.23. The van der Waals surface area contributed by atoms with E-state index in [0.29, 0.717) is 0 Å². The molecule has 1 fully saturated rings. The summed E-state index contributed by atoms with van der Waals surface area (Å²) in [5.74, 6) is 0.950. The second-order valence-electron chi connectivity index (χ2n) is 3.32. The number of carbonyl (C=O) groups is 1. The summed E-state index contributed by atoms with van der Waals surface area (Å²) in [6, 6.07) is 0. The monoisotopic (exact) mass is 167 g/mol. The van der Waals surface area contributed by atoms with Crippen LogP contribution in [0.1, 0.15) is 26.7 Å². The van der Waals surface area contributed by atoms with E-state index in [1.807, 2.05) is 18.7 Å². The zero-order valence-corrected chi connectivity index (χ0v) is 7.92. The predicted molar refractivity (Wildman–Crippen MR) is 49.8 cm³/mol. The van der Waals surface area contributed by atoms with E-state index in [4.69, 9.17) is 0 Å². The maximum absolute atomic E-state index is 11.4. The Balaban J connectivity index is 2.36. The zero-order valence-electron chi connectivity index (χ0n) is 7.92. The normalized spacial score (nSPS) is 16.8. The Labute approximate surface area is 74.2 Å². The minimum absolute atomic E-state index is 0.159. The molecule has 0 aromatic heterocycles. The molecule has 1 saturated carbocycles. The van der Waals surface area contributed by atoms with E-state index in [2.05, 4.69) is 0 Å². The van der Waals surface area contributed by atoms with E-state index in [0.717, 1.165) is 19.0 Å². The quantitative estimate of drug-likeness (QED) is 0.585. The lowest BCUT2D eigenvalue weighted by Crippen LogP contribution is -2.31. The van der Waals surface area contributed by atoms with Gasteiger partial charge in [-0.25, -0.2) is 0 Å². The molecule has 0 atom stereocenters. The summed E-state index contributed by atoms with van der Waals surface area (Å²) in [6.45, 7) is 5.70. The second-order valence-corrected chi connectivity index (χ2v) is 3.32. The second kappa shape index (κ2) is 4.29. The number of likely N-dealkylation sites (N-methyl/N-ethyl adjacent to an activating group) is 1. The van der Waals surface area contributed by atoms with Gasteiger partial charge in [0.25, 0.3) is 0 Å². The molecule has 1 rings (SSSR count). The van der Waals surface area contributed by atoms with Crippen molar-refractivity contribution in [1.29, 1.82) is 0 Å². The molecule has 0 spiro atoms. The average molecular weight is 167 g/mol. The van der Waals surface area contributed by atoms with Gasteiger partial charge in [0.15, 0.2) is 0 Å². The lowest BCUT2D eigenvalue weighted by Gasteiger charge is -2.18. The minimum Gasteiger partial charge on any atom is -0.339 e. The van der Waals surface area contributed by atoms with Crippen molar-refractivity contribution < 1.29 is 4.79 Å². The summed E-state index contributed by atoms with van der Waals surface area (Å²) in [7, 11) is 0. The average Bonchev–Trinajstić information content (AvgIpc) is 2.84. The molecule has 0 radical (unpaired) electrons. The van der Waals surface area contributed by atoms with E-state index in [9.17, 15) is 4.79 Å². The van der Waals surface area contributed by atoms with Crippen LogP contribution in [0.25, 0.3) is 0 Å². The van der Waals surface area contributed by atoms with Gasteiger partial charge in [0.1, 0.15) is 0 Å². The van der Waals surface area contributed by atoms with Crippen molar-refractivity contribution in [1.82, 2.24) is 4.90 Å². The van der Waals surface area contributed by atoms with Gasteiger partial charge in [-0.1, -0.05) is 6.08 Å². The van der Waals surface area contributed by atoms with Crippen molar-refractivity contribution in [2.24, 2.45) is 5.92 Å². The van der Waals surface area contributed by atoms with Gasteiger partial charge in [0.05, 0.1) is 0 Å². The van der Waals surface area contributed by atoms with Crippen LogP contribution >= 0.6 is 0 Å². The SMILES string of the molecule is CC=CC(=O)N(CC)CC1CC1. The van der Waals surface area contributed by atoms with Gasteiger partial charge in [-0.05, 0) is 38.7 Å². The Bertz CT molecular complexity index is 182. The Morgan fingerprint density at radius 3 is 2.67 bits per heavy atom. The first-order chi connectivity index (χ1) is 5.77. The molecule has 0 N–H and O–H groups in total. The zero-order chi connectivity index (χ0) is 8.97. The van der Waals surface area contributed by atoms with Gasteiger partial charge in [0.2, 0.25) is 5.91 Å². The van der Waals surface area contributed by atoms with E-state index in [-0.39, 0.29) is 5.91 Å². The van der Waals surface area contributed by atoms with Crippen molar-refractivity contribution in [2.75, 3.05) is 13.1 Å². The highest BCUT2D eigenvalue weighted by atomic mass is 16.2.